The van der Waals surface area contributed by atoms with Crippen molar-refractivity contribution in [2.24, 2.45) is 0 Å². The van der Waals surface area contributed by atoms with Gasteiger partial charge in [-0.3, -0.25) is 4.79 Å². The summed E-state index contributed by atoms with van der Waals surface area (Å²) < 4.78 is 37.5. The van der Waals surface area contributed by atoms with Gasteiger partial charge in [0.05, 0.1) is 15.1 Å². The molecule has 2 nitrogen and oxygen atoms in total. The summed E-state index contributed by atoms with van der Waals surface area (Å²) in [7, 11) is 1.36. The van der Waals surface area contributed by atoms with E-state index in [1.165, 1.54) is 18.4 Å². The van der Waals surface area contributed by atoms with Gasteiger partial charge >= 0.3 is 6.18 Å². The van der Waals surface area contributed by atoms with E-state index in [1.807, 2.05) is 0 Å². The average molecular weight is 395 g/mol. The lowest BCUT2D eigenvalue weighted by Gasteiger charge is -2.17. The van der Waals surface area contributed by atoms with Gasteiger partial charge in [-0.2, -0.15) is 13.2 Å². The van der Waals surface area contributed by atoms with Gasteiger partial charge in [0.2, 0.25) is 0 Å². The molecule has 1 heterocycles. The molecule has 0 aliphatic rings. The normalized spacial score (nSPS) is 11.6. The summed E-state index contributed by atoms with van der Waals surface area (Å²) >= 11 is 7.62. The molecule has 0 saturated carbocycles. The lowest BCUT2D eigenvalue weighted by Crippen LogP contribution is -2.30. The first-order valence-corrected chi connectivity index (χ1v) is 6.88. The predicted octanol–water partition coefficient (Wildman–Crippen LogP) is 4.30. The molecule has 1 aromatic heterocycles. The monoisotopic (exact) mass is 393 g/mol. The molecule has 0 aliphatic heterocycles. The van der Waals surface area contributed by atoms with Crippen molar-refractivity contribution in [2.45, 2.75) is 12.6 Å². The highest BCUT2D eigenvalue weighted by Gasteiger charge is 2.28. The molecule has 0 saturated heterocycles. The fourth-order valence-corrected chi connectivity index (χ4v) is 3.07. The number of amides is 1. The maximum Gasteiger partial charge on any atom is 0.390 e. The Kier molecular flexibility index (Phi) is 5.03. The molecule has 0 spiro atoms. The SMILES string of the molecule is CN(CCC(F)(F)F)C(=O)c1cc(Br)c(Br)s1. The maximum atomic E-state index is 12.0. The molecule has 1 rings (SSSR count). The summed E-state index contributed by atoms with van der Waals surface area (Å²) in [5, 5.41) is 0. The predicted molar refractivity (Wildman–Crippen MR) is 67.4 cm³/mol. The van der Waals surface area contributed by atoms with Gasteiger partial charge in [0.25, 0.3) is 5.91 Å². The van der Waals surface area contributed by atoms with Crippen LogP contribution in [0.15, 0.2) is 14.3 Å². The Morgan fingerprint density at radius 1 is 1.47 bits per heavy atom. The van der Waals surface area contributed by atoms with Crippen molar-refractivity contribution in [3.63, 3.8) is 0 Å². The zero-order chi connectivity index (χ0) is 13.2. The smallest absolute Gasteiger partial charge is 0.341 e. The highest BCUT2D eigenvalue weighted by Crippen LogP contribution is 2.33. The molecule has 0 unspecified atom stereocenters. The van der Waals surface area contributed by atoms with Crippen molar-refractivity contribution in [3.05, 3.63) is 19.2 Å². The molecule has 0 fully saturated rings. The van der Waals surface area contributed by atoms with Crippen molar-refractivity contribution in [1.82, 2.24) is 4.90 Å². The van der Waals surface area contributed by atoms with Crippen LogP contribution >= 0.6 is 43.2 Å². The molecule has 0 atom stereocenters. The molecule has 0 aliphatic carbocycles. The van der Waals surface area contributed by atoms with Gasteiger partial charge in [-0.15, -0.1) is 11.3 Å². The zero-order valence-corrected chi connectivity index (χ0v) is 12.6. The fourth-order valence-electron chi connectivity index (χ4n) is 1.04. The van der Waals surface area contributed by atoms with Crippen molar-refractivity contribution in [2.75, 3.05) is 13.6 Å². The molecule has 0 N–H and O–H groups in total. The average Bonchev–Trinajstić information content (AvgIpc) is 2.53. The Balaban J connectivity index is 2.64. The van der Waals surface area contributed by atoms with Crippen molar-refractivity contribution in [3.8, 4) is 0 Å². The number of halogens is 5. The first kappa shape index (κ1) is 15.0. The minimum Gasteiger partial charge on any atom is -0.341 e. The molecule has 0 aromatic carbocycles. The molecular formula is C9H8Br2F3NOS. The van der Waals surface area contributed by atoms with Gasteiger partial charge in [-0.1, -0.05) is 0 Å². The van der Waals surface area contributed by atoms with E-state index in [1.54, 1.807) is 6.07 Å². The Morgan fingerprint density at radius 2 is 2.06 bits per heavy atom. The van der Waals surface area contributed by atoms with Crippen molar-refractivity contribution >= 4 is 49.1 Å². The molecule has 0 radical (unpaired) electrons. The minimum atomic E-state index is -4.24. The van der Waals surface area contributed by atoms with E-state index in [9.17, 15) is 18.0 Å². The summed E-state index contributed by atoms with van der Waals surface area (Å²) in [6, 6.07) is 1.58. The van der Waals surface area contributed by atoms with Crippen molar-refractivity contribution < 1.29 is 18.0 Å². The molecule has 1 aromatic rings. The third-order valence-electron chi connectivity index (χ3n) is 1.93. The minimum absolute atomic E-state index is 0.338. The number of rotatable bonds is 3. The van der Waals surface area contributed by atoms with Crippen LogP contribution in [-0.4, -0.2) is 30.6 Å². The lowest BCUT2D eigenvalue weighted by atomic mass is 10.3. The van der Waals surface area contributed by atoms with Crippen LogP contribution in [0, 0.1) is 0 Å². The van der Waals surface area contributed by atoms with E-state index in [-0.39, 0.29) is 6.54 Å². The summed E-state index contributed by atoms with van der Waals surface area (Å²) in [5.74, 6) is -0.411. The van der Waals surface area contributed by atoms with Gasteiger partial charge in [-0.05, 0) is 37.9 Å². The van der Waals surface area contributed by atoms with Crippen LogP contribution in [0.1, 0.15) is 16.1 Å². The Labute approximate surface area is 117 Å². The summed E-state index contributed by atoms with van der Waals surface area (Å²) in [6.07, 6.45) is -5.24. The molecule has 96 valence electrons. The molecule has 8 heteroatoms. The number of nitrogens with zero attached hydrogens (tertiary/aromatic N) is 1. The number of thiophene rings is 1. The molecule has 17 heavy (non-hydrogen) atoms. The largest absolute Gasteiger partial charge is 0.390 e. The van der Waals surface area contributed by atoms with Gasteiger partial charge in [0.15, 0.2) is 0 Å². The Morgan fingerprint density at radius 3 is 2.47 bits per heavy atom. The van der Waals surface area contributed by atoms with Crippen LogP contribution in [0.4, 0.5) is 13.2 Å². The van der Waals surface area contributed by atoms with Crippen LogP contribution < -0.4 is 0 Å². The van der Waals surface area contributed by atoms with E-state index < -0.39 is 18.5 Å². The maximum absolute atomic E-state index is 12.0. The third kappa shape index (κ3) is 4.59. The quantitative estimate of drug-likeness (QED) is 0.748. The zero-order valence-electron chi connectivity index (χ0n) is 8.65. The van der Waals surface area contributed by atoms with E-state index >= 15 is 0 Å². The molecule has 0 bridgehead atoms. The van der Waals surface area contributed by atoms with Crippen LogP contribution in [0.2, 0.25) is 0 Å². The second-order valence-electron chi connectivity index (χ2n) is 3.32. The van der Waals surface area contributed by atoms with Crippen LogP contribution in [0.25, 0.3) is 0 Å². The second-order valence-corrected chi connectivity index (χ2v) is 6.55. The summed E-state index contributed by atoms with van der Waals surface area (Å²) in [5.41, 5.74) is 0. The number of hydrogen-bond donors (Lipinski definition) is 0. The third-order valence-corrected chi connectivity index (χ3v) is 5.18. The molecular weight excluding hydrogens is 387 g/mol. The number of hydrogen-bond acceptors (Lipinski definition) is 2. The second kappa shape index (κ2) is 5.71. The number of carbonyl (C=O) groups excluding carboxylic acids is 1. The van der Waals surface area contributed by atoms with E-state index in [2.05, 4.69) is 31.9 Å². The van der Waals surface area contributed by atoms with Crippen LogP contribution in [0.5, 0.6) is 0 Å². The number of alkyl halides is 3. The van der Waals surface area contributed by atoms with Gasteiger partial charge in [-0.25, -0.2) is 0 Å². The highest BCUT2D eigenvalue weighted by molar-refractivity contribution is 9.13. The lowest BCUT2D eigenvalue weighted by molar-refractivity contribution is -0.136. The van der Waals surface area contributed by atoms with Gasteiger partial charge in [0.1, 0.15) is 0 Å². The highest BCUT2D eigenvalue weighted by atomic mass is 79.9. The van der Waals surface area contributed by atoms with E-state index in [0.29, 0.717) is 4.88 Å². The van der Waals surface area contributed by atoms with E-state index in [4.69, 9.17) is 0 Å². The van der Waals surface area contributed by atoms with E-state index in [0.717, 1.165) is 13.2 Å². The summed E-state index contributed by atoms with van der Waals surface area (Å²) in [4.78, 5) is 13.2. The number of carbonyl (C=O) groups is 1. The fraction of sp³-hybridized carbons (Fsp3) is 0.444. The van der Waals surface area contributed by atoms with Crippen LogP contribution in [0.3, 0.4) is 0 Å². The Bertz CT molecular complexity index is 399. The van der Waals surface area contributed by atoms with Crippen molar-refractivity contribution in [1.29, 1.82) is 0 Å². The Hall–Kier alpha value is -0.0800. The first-order chi connectivity index (χ1) is 7.70. The topological polar surface area (TPSA) is 20.3 Å². The van der Waals surface area contributed by atoms with Crippen LogP contribution in [-0.2, 0) is 0 Å². The molecule has 1 amide bonds. The first-order valence-electron chi connectivity index (χ1n) is 4.48. The standard InChI is InChI=1S/C9H8Br2F3NOS/c1-15(3-2-9(12,13)14)8(16)6-4-5(10)7(11)17-6/h4H,2-3H2,1H3. The summed E-state index contributed by atoms with van der Waals surface area (Å²) in [6.45, 7) is -0.338. The van der Waals surface area contributed by atoms with Gasteiger partial charge in [0, 0.05) is 18.1 Å². The van der Waals surface area contributed by atoms with Gasteiger partial charge < -0.3 is 4.90 Å².